The lowest BCUT2D eigenvalue weighted by molar-refractivity contribution is -0.150. The van der Waals surface area contributed by atoms with E-state index in [9.17, 15) is 14.4 Å². The number of carbonyl (C=O) groups excluding carboxylic acids is 3. The molecular weight excluding hydrogens is 536 g/mol. The van der Waals surface area contributed by atoms with Gasteiger partial charge in [-0.15, -0.1) is 0 Å². The van der Waals surface area contributed by atoms with E-state index in [0.717, 1.165) is 81.1 Å². The number of hydrogen-bond donors (Lipinski definition) is 0. The van der Waals surface area contributed by atoms with E-state index in [1.54, 1.807) is 0 Å². The van der Waals surface area contributed by atoms with Crippen LogP contribution in [-0.2, 0) is 38.1 Å². The Morgan fingerprint density at radius 1 is 0.548 bits per heavy atom. The van der Waals surface area contributed by atoms with Gasteiger partial charge < -0.3 is 23.7 Å². The van der Waals surface area contributed by atoms with Crippen LogP contribution in [-0.4, -0.2) is 57.2 Å². The van der Waals surface area contributed by atoms with Crippen LogP contribution < -0.4 is 0 Å². The molecule has 0 radical (unpaired) electrons. The summed E-state index contributed by atoms with van der Waals surface area (Å²) < 4.78 is 27.0. The molecule has 3 fully saturated rings. The average Bonchev–Trinajstić information content (AvgIpc) is 3.04. The predicted molar refractivity (Wildman–Crippen MR) is 160 cm³/mol. The van der Waals surface area contributed by atoms with Crippen LogP contribution in [0.15, 0.2) is 25.3 Å². The molecule has 238 valence electrons. The summed E-state index contributed by atoms with van der Waals surface area (Å²) in [5, 5.41) is 0. The van der Waals surface area contributed by atoms with Gasteiger partial charge in [0.1, 0.15) is 6.79 Å². The molecule has 0 aromatic carbocycles. The number of esters is 3. The first-order valence-corrected chi connectivity index (χ1v) is 16.4. The van der Waals surface area contributed by atoms with E-state index in [0.29, 0.717) is 52.2 Å². The van der Waals surface area contributed by atoms with Crippen molar-refractivity contribution in [1.29, 1.82) is 0 Å². The Hall–Kier alpha value is -2.19. The van der Waals surface area contributed by atoms with Crippen molar-refractivity contribution in [3.8, 4) is 0 Å². The summed E-state index contributed by atoms with van der Waals surface area (Å²) in [6.07, 6.45) is 20.1. The van der Waals surface area contributed by atoms with Crippen LogP contribution in [0.1, 0.15) is 103 Å². The molecule has 0 aromatic rings. The number of ether oxygens (including phenoxy) is 5. The summed E-state index contributed by atoms with van der Waals surface area (Å²) in [6.45, 7) is 8.86. The molecule has 0 heterocycles. The van der Waals surface area contributed by atoms with Gasteiger partial charge in [-0.3, -0.25) is 4.79 Å². The summed E-state index contributed by atoms with van der Waals surface area (Å²) in [6, 6.07) is 0. The van der Waals surface area contributed by atoms with Gasteiger partial charge in [0.25, 0.3) is 0 Å². The molecule has 0 saturated heterocycles. The molecule has 8 nitrogen and oxygen atoms in total. The summed E-state index contributed by atoms with van der Waals surface area (Å²) in [7, 11) is 0. The highest BCUT2D eigenvalue weighted by molar-refractivity contribution is 5.81. The monoisotopic (exact) mass is 590 g/mol. The maximum Gasteiger partial charge on any atom is 0.330 e. The molecule has 42 heavy (non-hydrogen) atoms. The molecule has 0 N–H and O–H groups in total. The van der Waals surface area contributed by atoms with Gasteiger partial charge >= 0.3 is 17.9 Å². The van der Waals surface area contributed by atoms with Crippen molar-refractivity contribution in [3.05, 3.63) is 25.3 Å². The lowest BCUT2D eigenvalue weighted by Gasteiger charge is -2.41. The minimum absolute atomic E-state index is 0.0462. The molecule has 3 saturated carbocycles. The van der Waals surface area contributed by atoms with Gasteiger partial charge in [0.05, 0.1) is 31.8 Å². The summed E-state index contributed by atoms with van der Waals surface area (Å²) >= 11 is 0. The number of rotatable bonds is 18. The molecule has 0 aliphatic heterocycles. The van der Waals surface area contributed by atoms with Crippen molar-refractivity contribution in [1.82, 2.24) is 0 Å². The molecule has 3 rings (SSSR count). The third kappa shape index (κ3) is 12.6. The maximum absolute atomic E-state index is 12.5. The van der Waals surface area contributed by atoms with Gasteiger partial charge in [0.2, 0.25) is 0 Å². The zero-order valence-corrected chi connectivity index (χ0v) is 25.6. The van der Waals surface area contributed by atoms with Crippen molar-refractivity contribution in [3.63, 3.8) is 0 Å². The Labute approximate surface area is 252 Å². The fourth-order valence-corrected chi connectivity index (χ4v) is 7.11. The van der Waals surface area contributed by atoms with Crippen molar-refractivity contribution in [2.24, 2.45) is 29.6 Å². The van der Waals surface area contributed by atoms with Gasteiger partial charge in [-0.05, 0) is 126 Å². The summed E-state index contributed by atoms with van der Waals surface area (Å²) in [5.74, 6) is 2.50. The normalized spacial score (nSPS) is 27.9. The van der Waals surface area contributed by atoms with Gasteiger partial charge in [0.15, 0.2) is 0 Å². The molecule has 0 amide bonds. The Morgan fingerprint density at radius 3 is 1.43 bits per heavy atom. The second kappa shape index (κ2) is 19.9. The Bertz CT molecular complexity index is 817. The number of hydrogen-bond acceptors (Lipinski definition) is 8. The fraction of sp³-hybridized carbons (Fsp3) is 0.794. The van der Waals surface area contributed by atoms with Crippen LogP contribution in [0.2, 0.25) is 0 Å². The second-order valence-corrected chi connectivity index (χ2v) is 12.3. The molecule has 0 spiro atoms. The van der Waals surface area contributed by atoms with Crippen LogP contribution in [0, 0.1) is 29.6 Å². The predicted octanol–water partition coefficient (Wildman–Crippen LogP) is 6.71. The first kappa shape index (κ1) is 34.3. The standard InChI is InChI=1S/C34H54O8/c1-3-32(35)39-22-6-5-21-38-25-42-31-19-17-29(18-20-31)27-11-9-26(10-12-27)28-13-15-30(16-14-28)34(37)41-24-8-7-23-40-33(36)4-2/h3-4,26-31H,1-2,5-25H2. The van der Waals surface area contributed by atoms with Gasteiger partial charge in [-0.1, -0.05) is 13.2 Å². The zero-order chi connectivity index (χ0) is 30.0. The highest BCUT2D eigenvalue weighted by Crippen LogP contribution is 2.45. The van der Waals surface area contributed by atoms with Crippen LogP contribution in [0.3, 0.4) is 0 Å². The average molecular weight is 591 g/mol. The fourth-order valence-electron chi connectivity index (χ4n) is 7.11. The van der Waals surface area contributed by atoms with E-state index >= 15 is 0 Å². The van der Waals surface area contributed by atoms with Crippen LogP contribution in [0.5, 0.6) is 0 Å². The molecule has 3 aliphatic carbocycles. The quantitative estimate of drug-likeness (QED) is 0.0571. The SMILES string of the molecule is C=CC(=O)OCCCCOCOC1CCC(C2CCC(C3CCC(C(=O)OCCCCOC(=O)C=C)CC3)CC2)CC1. The van der Waals surface area contributed by atoms with E-state index in [1.165, 1.54) is 44.6 Å². The topological polar surface area (TPSA) is 97.4 Å². The highest BCUT2D eigenvalue weighted by atomic mass is 16.7. The van der Waals surface area contributed by atoms with Crippen LogP contribution in [0.4, 0.5) is 0 Å². The van der Waals surface area contributed by atoms with Crippen molar-refractivity contribution >= 4 is 17.9 Å². The van der Waals surface area contributed by atoms with E-state index in [2.05, 4.69) is 13.2 Å². The van der Waals surface area contributed by atoms with Crippen molar-refractivity contribution in [2.45, 2.75) is 109 Å². The Kier molecular flexibility index (Phi) is 16.2. The third-order valence-electron chi connectivity index (χ3n) is 9.65. The van der Waals surface area contributed by atoms with E-state index in [4.69, 9.17) is 23.7 Å². The lowest BCUT2D eigenvalue weighted by atomic mass is 9.65. The molecule has 0 bridgehead atoms. The number of unbranched alkanes of at least 4 members (excludes halogenated alkanes) is 2. The first-order chi connectivity index (χ1) is 20.5. The zero-order valence-electron chi connectivity index (χ0n) is 25.6. The van der Waals surface area contributed by atoms with E-state index in [-0.39, 0.29) is 17.9 Å². The van der Waals surface area contributed by atoms with Crippen LogP contribution in [0.25, 0.3) is 0 Å². The second-order valence-electron chi connectivity index (χ2n) is 12.3. The molecule has 0 atom stereocenters. The summed E-state index contributed by atoms with van der Waals surface area (Å²) in [5.41, 5.74) is 0. The molecular formula is C34H54O8. The van der Waals surface area contributed by atoms with E-state index < -0.39 is 5.97 Å². The first-order valence-electron chi connectivity index (χ1n) is 16.4. The third-order valence-corrected chi connectivity index (χ3v) is 9.65. The molecule has 8 heteroatoms. The van der Waals surface area contributed by atoms with Gasteiger partial charge in [-0.25, -0.2) is 9.59 Å². The smallest absolute Gasteiger partial charge is 0.330 e. The van der Waals surface area contributed by atoms with Gasteiger partial charge in [0, 0.05) is 18.8 Å². The van der Waals surface area contributed by atoms with Gasteiger partial charge in [-0.2, -0.15) is 0 Å². The maximum atomic E-state index is 12.5. The van der Waals surface area contributed by atoms with Crippen molar-refractivity contribution < 1.29 is 38.1 Å². The summed E-state index contributed by atoms with van der Waals surface area (Å²) in [4.78, 5) is 34.5. The Morgan fingerprint density at radius 2 is 0.952 bits per heavy atom. The molecule has 0 aromatic heterocycles. The molecule has 0 unspecified atom stereocenters. The minimum Gasteiger partial charge on any atom is -0.465 e. The minimum atomic E-state index is -0.413. The highest BCUT2D eigenvalue weighted by Gasteiger charge is 2.36. The van der Waals surface area contributed by atoms with E-state index in [1.807, 2.05) is 0 Å². The van der Waals surface area contributed by atoms with Crippen molar-refractivity contribution in [2.75, 3.05) is 33.2 Å². The number of carbonyl (C=O) groups is 3. The molecule has 3 aliphatic rings. The Balaban J connectivity index is 1.18. The lowest BCUT2D eigenvalue weighted by Crippen LogP contribution is -2.32. The van der Waals surface area contributed by atoms with Crippen LogP contribution >= 0.6 is 0 Å². The largest absolute Gasteiger partial charge is 0.465 e.